The van der Waals surface area contributed by atoms with E-state index in [2.05, 4.69) is 18.2 Å². The summed E-state index contributed by atoms with van der Waals surface area (Å²) in [5.41, 5.74) is 15.7. The van der Waals surface area contributed by atoms with Gasteiger partial charge in [0, 0.05) is 6.04 Å². The maximum absolute atomic E-state index is 5.98. The van der Waals surface area contributed by atoms with Gasteiger partial charge in [0.05, 0.1) is 0 Å². The van der Waals surface area contributed by atoms with Crippen molar-refractivity contribution in [2.75, 3.05) is 6.54 Å². The molecule has 0 aliphatic heterocycles. The van der Waals surface area contributed by atoms with Gasteiger partial charge in [0.25, 0.3) is 0 Å². The molecular weight excluding hydrogens is 160 g/mol. The van der Waals surface area contributed by atoms with E-state index in [1.807, 2.05) is 0 Å². The lowest BCUT2D eigenvalue weighted by Crippen LogP contribution is -2.07. The van der Waals surface area contributed by atoms with Crippen LogP contribution in [0, 0.1) is 0 Å². The minimum atomic E-state index is 0.257. The van der Waals surface area contributed by atoms with Crippen molar-refractivity contribution in [1.29, 1.82) is 0 Å². The van der Waals surface area contributed by atoms with Crippen LogP contribution in [0.1, 0.15) is 29.2 Å². The Hall–Kier alpha value is -0.860. The molecule has 13 heavy (non-hydrogen) atoms. The summed E-state index contributed by atoms with van der Waals surface area (Å²) in [6, 6.07) is 6.67. The van der Waals surface area contributed by atoms with Crippen molar-refractivity contribution in [3.63, 3.8) is 0 Å². The maximum Gasteiger partial charge on any atom is 0.0300 e. The molecule has 0 spiro atoms. The molecule has 2 nitrogen and oxygen atoms in total. The maximum atomic E-state index is 5.98. The Kier molecular flexibility index (Phi) is 2.34. The van der Waals surface area contributed by atoms with Crippen LogP contribution in [0.3, 0.4) is 0 Å². The van der Waals surface area contributed by atoms with Crippen molar-refractivity contribution in [1.82, 2.24) is 0 Å². The van der Waals surface area contributed by atoms with Gasteiger partial charge in [-0.1, -0.05) is 18.2 Å². The molecule has 70 valence electrons. The highest BCUT2D eigenvalue weighted by atomic mass is 14.6. The van der Waals surface area contributed by atoms with Crippen LogP contribution in [0.15, 0.2) is 18.2 Å². The normalized spacial score (nSPS) is 20.3. The third kappa shape index (κ3) is 1.47. The standard InChI is InChI=1S/C11H16N2/c12-7-6-8-2-1-3-10-9(8)4-5-11(10)13/h1-3,11H,4-7,12-13H2/t11-/m1/s1. The highest BCUT2D eigenvalue weighted by Crippen LogP contribution is 2.31. The fourth-order valence-corrected chi connectivity index (χ4v) is 2.15. The molecule has 1 aliphatic carbocycles. The van der Waals surface area contributed by atoms with Crippen molar-refractivity contribution in [2.24, 2.45) is 11.5 Å². The van der Waals surface area contributed by atoms with Crippen molar-refractivity contribution in [3.05, 3.63) is 34.9 Å². The third-order valence-corrected chi connectivity index (χ3v) is 2.83. The van der Waals surface area contributed by atoms with Crippen molar-refractivity contribution in [2.45, 2.75) is 25.3 Å². The fraction of sp³-hybridized carbons (Fsp3) is 0.455. The van der Waals surface area contributed by atoms with E-state index in [1.165, 1.54) is 16.7 Å². The van der Waals surface area contributed by atoms with Crippen LogP contribution >= 0.6 is 0 Å². The van der Waals surface area contributed by atoms with Crippen molar-refractivity contribution >= 4 is 0 Å². The smallest absolute Gasteiger partial charge is 0.0300 e. The summed E-state index contributed by atoms with van der Waals surface area (Å²) < 4.78 is 0. The average Bonchev–Trinajstić information content (AvgIpc) is 2.50. The SMILES string of the molecule is NCCc1cccc2c1CC[C@H]2N. The number of fused-ring (bicyclic) bond motifs is 1. The summed E-state index contributed by atoms with van der Waals surface area (Å²) in [5.74, 6) is 0. The van der Waals surface area contributed by atoms with Crippen LogP contribution in [0.25, 0.3) is 0 Å². The number of rotatable bonds is 2. The second-order valence-corrected chi connectivity index (χ2v) is 3.67. The monoisotopic (exact) mass is 176 g/mol. The molecule has 0 saturated heterocycles. The second-order valence-electron chi connectivity index (χ2n) is 3.67. The van der Waals surface area contributed by atoms with Gasteiger partial charge in [0.1, 0.15) is 0 Å². The first-order valence-corrected chi connectivity index (χ1v) is 4.89. The van der Waals surface area contributed by atoms with E-state index in [1.54, 1.807) is 0 Å². The number of hydrogen-bond acceptors (Lipinski definition) is 2. The lowest BCUT2D eigenvalue weighted by molar-refractivity contribution is 0.713. The molecule has 1 atom stereocenters. The summed E-state index contributed by atoms with van der Waals surface area (Å²) in [6.45, 7) is 0.728. The van der Waals surface area contributed by atoms with Crippen LogP contribution in [-0.2, 0) is 12.8 Å². The van der Waals surface area contributed by atoms with E-state index in [0.717, 1.165) is 25.8 Å². The van der Waals surface area contributed by atoms with Gasteiger partial charge in [-0.05, 0) is 42.5 Å². The highest BCUT2D eigenvalue weighted by molar-refractivity contribution is 5.40. The van der Waals surface area contributed by atoms with Gasteiger partial charge in [-0.2, -0.15) is 0 Å². The topological polar surface area (TPSA) is 52.0 Å². The Bertz CT molecular complexity index is 307. The van der Waals surface area contributed by atoms with E-state index in [4.69, 9.17) is 11.5 Å². The molecular formula is C11H16N2. The molecule has 0 fully saturated rings. The summed E-state index contributed by atoms with van der Waals surface area (Å²) in [6.07, 6.45) is 3.21. The fourth-order valence-electron chi connectivity index (χ4n) is 2.15. The van der Waals surface area contributed by atoms with E-state index in [-0.39, 0.29) is 6.04 Å². The average molecular weight is 176 g/mol. The van der Waals surface area contributed by atoms with Gasteiger partial charge in [-0.25, -0.2) is 0 Å². The molecule has 1 aliphatic rings. The zero-order valence-electron chi connectivity index (χ0n) is 7.79. The second kappa shape index (κ2) is 3.48. The zero-order valence-corrected chi connectivity index (χ0v) is 7.79. The van der Waals surface area contributed by atoms with Crippen molar-refractivity contribution < 1.29 is 0 Å². The van der Waals surface area contributed by atoms with Crippen molar-refractivity contribution in [3.8, 4) is 0 Å². The Morgan fingerprint density at radius 1 is 1.38 bits per heavy atom. The third-order valence-electron chi connectivity index (χ3n) is 2.83. The summed E-state index contributed by atoms with van der Waals surface area (Å²) in [7, 11) is 0. The lowest BCUT2D eigenvalue weighted by Gasteiger charge is -2.08. The quantitative estimate of drug-likeness (QED) is 0.709. The summed E-state index contributed by atoms with van der Waals surface area (Å²) in [5, 5.41) is 0. The first kappa shape index (κ1) is 8.73. The van der Waals surface area contributed by atoms with E-state index in [0.29, 0.717) is 0 Å². The Balaban J connectivity index is 2.38. The van der Waals surface area contributed by atoms with Crippen LogP contribution < -0.4 is 11.5 Å². The molecule has 1 aromatic rings. The molecule has 0 aromatic heterocycles. The molecule has 0 heterocycles. The summed E-state index contributed by atoms with van der Waals surface area (Å²) >= 11 is 0. The molecule has 0 bridgehead atoms. The minimum Gasteiger partial charge on any atom is -0.330 e. The molecule has 0 radical (unpaired) electrons. The highest BCUT2D eigenvalue weighted by Gasteiger charge is 2.20. The van der Waals surface area contributed by atoms with Crippen LogP contribution in [0.2, 0.25) is 0 Å². The lowest BCUT2D eigenvalue weighted by atomic mass is 10.0. The van der Waals surface area contributed by atoms with Gasteiger partial charge in [0.15, 0.2) is 0 Å². The van der Waals surface area contributed by atoms with Gasteiger partial charge in [-0.15, -0.1) is 0 Å². The van der Waals surface area contributed by atoms with Gasteiger partial charge in [-0.3, -0.25) is 0 Å². The first-order chi connectivity index (χ1) is 6.33. The molecule has 2 heteroatoms. The van der Waals surface area contributed by atoms with E-state index < -0.39 is 0 Å². The molecule has 2 rings (SSSR count). The largest absolute Gasteiger partial charge is 0.330 e. The zero-order chi connectivity index (χ0) is 9.26. The van der Waals surface area contributed by atoms with E-state index >= 15 is 0 Å². The summed E-state index contributed by atoms with van der Waals surface area (Å²) in [4.78, 5) is 0. The first-order valence-electron chi connectivity index (χ1n) is 4.89. The van der Waals surface area contributed by atoms with Gasteiger partial charge in [0.2, 0.25) is 0 Å². The Morgan fingerprint density at radius 3 is 3.00 bits per heavy atom. The molecule has 4 N–H and O–H groups in total. The van der Waals surface area contributed by atoms with Crippen LogP contribution in [0.4, 0.5) is 0 Å². The molecule has 0 amide bonds. The molecule has 1 aromatic carbocycles. The van der Waals surface area contributed by atoms with E-state index in [9.17, 15) is 0 Å². The number of nitrogens with two attached hydrogens (primary N) is 2. The number of benzene rings is 1. The Labute approximate surface area is 78.9 Å². The predicted molar refractivity (Wildman–Crippen MR) is 54.4 cm³/mol. The Morgan fingerprint density at radius 2 is 2.23 bits per heavy atom. The van der Waals surface area contributed by atoms with Crippen LogP contribution in [0.5, 0.6) is 0 Å². The minimum absolute atomic E-state index is 0.257. The molecule has 0 saturated carbocycles. The van der Waals surface area contributed by atoms with Gasteiger partial charge >= 0.3 is 0 Å². The molecule has 0 unspecified atom stereocenters. The predicted octanol–water partition coefficient (Wildman–Crippen LogP) is 1.13. The van der Waals surface area contributed by atoms with Crippen LogP contribution in [-0.4, -0.2) is 6.54 Å². The number of hydrogen-bond donors (Lipinski definition) is 2. The van der Waals surface area contributed by atoms with Gasteiger partial charge < -0.3 is 11.5 Å².